The second kappa shape index (κ2) is 7.64. The molecule has 1 heterocycles. The van der Waals surface area contributed by atoms with Crippen LogP contribution in [0.2, 0.25) is 0 Å². The molecular weight excluding hydrogens is 232 g/mol. The molecule has 2 heteroatoms. The summed E-state index contributed by atoms with van der Waals surface area (Å²) < 4.78 is 0. The van der Waals surface area contributed by atoms with E-state index in [0.717, 1.165) is 5.92 Å². The largest absolute Gasteiger partial charge is 0.316 e. The Hall–Kier alpha value is -0.0800. The molecule has 112 valence electrons. The van der Waals surface area contributed by atoms with Crippen LogP contribution < -0.4 is 5.32 Å². The third-order valence-electron chi connectivity index (χ3n) is 4.97. The van der Waals surface area contributed by atoms with E-state index < -0.39 is 0 Å². The van der Waals surface area contributed by atoms with Crippen molar-refractivity contribution in [3.63, 3.8) is 0 Å². The minimum Gasteiger partial charge on any atom is -0.316 e. The van der Waals surface area contributed by atoms with Crippen molar-refractivity contribution in [1.29, 1.82) is 0 Å². The number of likely N-dealkylation sites (tertiary alicyclic amines) is 1. The maximum Gasteiger partial charge on any atom is 0.00501 e. The molecule has 2 aliphatic rings. The molecule has 0 aromatic carbocycles. The monoisotopic (exact) mass is 266 g/mol. The zero-order valence-corrected chi connectivity index (χ0v) is 13.2. The Morgan fingerprint density at radius 1 is 0.947 bits per heavy atom. The molecule has 2 fully saturated rings. The molecule has 0 unspecified atom stereocenters. The Morgan fingerprint density at radius 3 is 2.21 bits per heavy atom. The van der Waals surface area contributed by atoms with Crippen molar-refractivity contribution in [2.75, 3.05) is 32.7 Å². The lowest BCUT2D eigenvalue weighted by atomic mass is 9.73. The predicted octanol–water partition coefficient (Wildman–Crippen LogP) is 3.67. The Morgan fingerprint density at radius 2 is 1.58 bits per heavy atom. The third-order valence-corrected chi connectivity index (χ3v) is 4.97. The van der Waals surface area contributed by atoms with Crippen molar-refractivity contribution < 1.29 is 0 Å². The highest BCUT2D eigenvalue weighted by molar-refractivity contribution is 4.88. The van der Waals surface area contributed by atoms with Crippen LogP contribution in [0.25, 0.3) is 0 Å². The molecule has 1 aliphatic heterocycles. The van der Waals surface area contributed by atoms with E-state index in [9.17, 15) is 0 Å². The normalized spacial score (nSPS) is 24.8. The summed E-state index contributed by atoms with van der Waals surface area (Å²) in [4.78, 5) is 2.76. The number of rotatable bonds is 6. The first-order valence-electron chi connectivity index (χ1n) is 8.63. The minimum absolute atomic E-state index is 0.588. The van der Waals surface area contributed by atoms with Crippen molar-refractivity contribution in [2.24, 2.45) is 11.3 Å². The summed E-state index contributed by atoms with van der Waals surface area (Å²) in [6, 6.07) is 0. The van der Waals surface area contributed by atoms with E-state index in [1.165, 1.54) is 84.1 Å². The van der Waals surface area contributed by atoms with E-state index in [1.807, 2.05) is 0 Å². The molecule has 0 aromatic heterocycles. The van der Waals surface area contributed by atoms with Crippen molar-refractivity contribution in [1.82, 2.24) is 10.2 Å². The molecule has 19 heavy (non-hydrogen) atoms. The molecule has 0 spiro atoms. The molecule has 1 aliphatic carbocycles. The van der Waals surface area contributed by atoms with Gasteiger partial charge in [-0.3, -0.25) is 0 Å². The maximum absolute atomic E-state index is 3.76. The van der Waals surface area contributed by atoms with Gasteiger partial charge in [0, 0.05) is 13.1 Å². The second-order valence-electron chi connectivity index (χ2n) is 7.42. The first-order valence-corrected chi connectivity index (χ1v) is 8.63. The quantitative estimate of drug-likeness (QED) is 0.789. The summed E-state index contributed by atoms with van der Waals surface area (Å²) in [5.41, 5.74) is 0.588. The standard InChI is InChI=1S/C17H34N2/c1-16(2)13-18-14-17(9-5-3-6-10-17)15-19-11-7-4-8-12-19/h16,18H,3-15H2,1-2H3. The fraction of sp³-hybridized carbons (Fsp3) is 1.00. The Labute approximate surface area is 120 Å². The van der Waals surface area contributed by atoms with Crippen LogP contribution in [-0.4, -0.2) is 37.6 Å². The molecule has 0 atom stereocenters. The van der Waals surface area contributed by atoms with Gasteiger partial charge in [-0.25, -0.2) is 0 Å². The van der Waals surface area contributed by atoms with Crippen molar-refractivity contribution >= 4 is 0 Å². The summed E-state index contributed by atoms with van der Waals surface area (Å²) in [5.74, 6) is 0.774. The van der Waals surface area contributed by atoms with E-state index in [-0.39, 0.29) is 0 Å². The van der Waals surface area contributed by atoms with Gasteiger partial charge in [0.05, 0.1) is 0 Å². The summed E-state index contributed by atoms with van der Waals surface area (Å²) >= 11 is 0. The highest BCUT2D eigenvalue weighted by Crippen LogP contribution is 2.37. The number of nitrogens with one attached hydrogen (secondary N) is 1. The van der Waals surface area contributed by atoms with Crippen molar-refractivity contribution in [2.45, 2.75) is 65.2 Å². The third kappa shape index (κ3) is 5.07. The van der Waals surface area contributed by atoms with E-state index in [0.29, 0.717) is 5.41 Å². The lowest BCUT2D eigenvalue weighted by Crippen LogP contribution is -2.47. The Bertz CT molecular complexity index is 238. The number of hydrogen-bond acceptors (Lipinski definition) is 2. The van der Waals surface area contributed by atoms with Crippen molar-refractivity contribution in [3.8, 4) is 0 Å². The Kier molecular flexibility index (Phi) is 6.15. The predicted molar refractivity (Wildman–Crippen MR) is 83.5 cm³/mol. The first-order chi connectivity index (χ1) is 9.20. The highest BCUT2D eigenvalue weighted by atomic mass is 15.1. The van der Waals surface area contributed by atoms with Gasteiger partial charge in [0.15, 0.2) is 0 Å². The summed E-state index contributed by atoms with van der Waals surface area (Å²) in [7, 11) is 0. The average Bonchev–Trinajstić information content (AvgIpc) is 2.40. The van der Waals surface area contributed by atoms with E-state index >= 15 is 0 Å². The number of nitrogens with zero attached hydrogens (tertiary/aromatic N) is 1. The SMILES string of the molecule is CC(C)CNCC1(CN2CCCCC2)CCCCC1. The van der Waals surface area contributed by atoms with Crippen LogP contribution in [0.15, 0.2) is 0 Å². The lowest BCUT2D eigenvalue weighted by Gasteiger charge is -2.42. The van der Waals surface area contributed by atoms with Gasteiger partial charge in [0.2, 0.25) is 0 Å². The van der Waals surface area contributed by atoms with Gasteiger partial charge in [-0.05, 0) is 56.7 Å². The van der Waals surface area contributed by atoms with Crippen LogP contribution in [-0.2, 0) is 0 Å². The first kappa shape index (κ1) is 15.3. The summed E-state index contributed by atoms with van der Waals surface area (Å²) in [6.45, 7) is 11.1. The van der Waals surface area contributed by atoms with E-state index in [1.54, 1.807) is 0 Å². The molecule has 0 bridgehead atoms. The highest BCUT2D eigenvalue weighted by Gasteiger charge is 2.33. The minimum atomic E-state index is 0.588. The van der Waals surface area contributed by atoms with Crippen molar-refractivity contribution in [3.05, 3.63) is 0 Å². The molecule has 0 radical (unpaired) electrons. The van der Waals surface area contributed by atoms with Crippen LogP contribution in [0.5, 0.6) is 0 Å². The van der Waals surface area contributed by atoms with Gasteiger partial charge in [-0.1, -0.05) is 39.5 Å². The van der Waals surface area contributed by atoms with Crippen LogP contribution in [0, 0.1) is 11.3 Å². The molecule has 1 N–H and O–H groups in total. The molecule has 1 saturated carbocycles. The summed E-state index contributed by atoms with van der Waals surface area (Å²) in [6.07, 6.45) is 11.6. The van der Waals surface area contributed by atoms with E-state index in [4.69, 9.17) is 0 Å². The van der Waals surface area contributed by atoms with Gasteiger partial charge < -0.3 is 10.2 Å². The average molecular weight is 266 g/mol. The summed E-state index contributed by atoms with van der Waals surface area (Å²) in [5, 5.41) is 3.76. The fourth-order valence-electron chi connectivity index (χ4n) is 3.91. The molecule has 2 nitrogen and oxygen atoms in total. The number of hydrogen-bond donors (Lipinski definition) is 1. The Balaban J connectivity index is 1.85. The molecule has 0 aromatic rings. The molecular formula is C17H34N2. The lowest BCUT2D eigenvalue weighted by molar-refractivity contribution is 0.0892. The van der Waals surface area contributed by atoms with Gasteiger partial charge in [-0.15, -0.1) is 0 Å². The topological polar surface area (TPSA) is 15.3 Å². The zero-order valence-electron chi connectivity index (χ0n) is 13.2. The number of piperidine rings is 1. The second-order valence-corrected chi connectivity index (χ2v) is 7.42. The van der Waals surface area contributed by atoms with Gasteiger partial charge in [-0.2, -0.15) is 0 Å². The van der Waals surface area contributed by atoms with E-state index in [2.05, 4.69) is 24.1 Å². The van der Waals surface area contributed by atoms with Crippen LogP contribution >= 0.6 is 0 Å². The van der Waals surface area contributed by atoms with Gasteiger partial charge in [0.1, 0.15) is 0 Å². The fourth-order valence-corrected chi connectivity index (χ4v) is 3.91. The molecule has 2 rings (SSSR count). The smallest absolute Gasteiger partial charge is 0.00501 e. The molecule has 0 amide bonds. The van der Waals surface area contributed by atoms with Crippen LogP contribution in [0.1, 0.15) is 65.2 Å². The van der Waals surface area contributed by atoms with Crippen LogP contribution in [0.3, 0.4) is 0 Å². The zero-order chi connectivity index (χ0) is 13.6. The van der Waals surface area contributed by atoms with Crippen LogP contribution in [0.4, 0.5) is 0 Å². The van der Waals surface area contributed by atoms with Gasteiger partial charge in [0.25, 0.3) is 0 Å². The maximum atomic E-state index is 3.76. The van der Waals surface area contributed by atoms with Gasteiger partial charge >= 0.3 is 0 Å². The molecule has 1 saturated heterocycles.